The molecule has 0 radical (unpaired) electrons. The van der Waals surface area contributed by atoms with E-state index in [-0.39, 0.29) is 17.8 Å². The molecule has 0 fully saturated rings. The van der Waals surface area contributed by atoms with Gasteiger partial charge in [-0.2, -0.15) is 5.10 Å². The van der Waals surface area contributed by atoms with Gasteiger partial charge in [0.1, 0.15) is 5.88 Å². The van der Waals surface area contributed by atoms with Crippen LogP contribution in [0, 0.1) is 6.92 Å². The highest BCUT2D eigenvalue weighted by Gasteiger charge is 2.08. The van der Waals surface area contributed by atoms with Gasteiger partial charge in [0.2, 0.25) is 5.91 Å². The van der Waals surface area contributed by atoms with E-state index >= 15 is 0 Å². The number of anilines is 1. The summed E-state index contributed by atoms with van der Waals surface area (Å²) >= 11 is 5.36. The van der Waals surface area contributed by atoms with Gasteiger partial charge < -0.3 is 5.32 Å². The number of halogens is 1. The van der Waals surface area contributed by atoms with Crippen molar-refractivity contribution in [3.63, 3.8) is 0 Å². The normalized spacial score (nSPS) is 10.6. The third-order valence-corrected chi connectivity index (χ3v) is 2.04. The highest BCUT2D eigenvalue weighted by Crippen LogP contribution is 2.13. The SMILES string of the molecule is Cc1cc(NC(=O)CCl)nn1C(C)C. The first-order valence-electron chi connectivity index (χ1n) is 4.46. The lowest BCUT2D eigenvalue weighted by atomic mass is 10.4. The summed E-state index contributed by atoms with van der Waals surface area (Å²) < 4.78 is 1.85. The Labute approximate surface area is 88.2 Å². The van der Waals surface area contributed by atoms with Crippen LogP contribution >= 0.6 is 11.6 Å². The number of alkyl halides is 1. The first kappa shape index (κ1) is 11.0. The Balaban J connectivity index is 2.81. The van der Waals surface area contributed by atoms with Crippen molar-refractivity contribution in [2.75, 3.05) is 11.2 Å². The number of nitrogens with zero attached hydrogens (tertiary/aromatic N) is 2. The minimum Gasteiger partial charge on any atom is -0.308 e. The van der Waals surface area contributed by atoms with Crippen LogP contribution in [0.2, 0.25) is 0 Å². The average Bonchev–Trinajstić information content (AvgIpc) is 2.46. The van der Waals surface area contributed by atoms with Gasteiger partial charge in [-0.05, 0) is 20.8 Å². The van der Waals surface area contributed by atoms with Crippen molar-refractivity contribution in [2.24, 2.45) is 0 Å². The Morgan fingerprint density at radius 1 is 1.71 bits per heavy atom. The Morgan fingerprint density at radius 3 is 2.79 bits per heavy atom. The van der Waals surface area contributed by atoms with Crippen LogP contribution in [0.5, 0.6) is 0 Å². The fourth-order valence-electron chi connectivity index (χ4n) is 1.25. The molecule has 0 saturated carbocycles. The fraction of sp³-hybridized carbons (Fsp3) is 0.556. The van der Waals surface area contributed by atoms with Crippen molar-refractivity contribution in [3.8, 4) is 0 Å². The number of nitrogens with one attached hydrogen (secondary N) is 1. The largest absolute Gasteiger partial charge is 0.308 e. The minimum absolute atomic E-state index is 0.0480. The zero-order chi connectivity index (χ0) is 10.7. The summed E-state index contributed by atoms with van der Waals surface area (Å²) in [6, 6.07) is 2.11. The summed E-state index contributed by atoms with van der Waals surface area (Å²) in [5, 5.41) is 6.83. The second-order valence-corrected chi connectivity index (χ2v) is 3.66. The summed E-state index contributed by atoms with van der Waals surface area (Å²) in [5.74, 6) is 0.273. The van der Waals surface area contributed by atoms with Gasteiger partial charge in [0.25, 0.3) is 0 Å². The van der Waals surface area contributed by atoms with Crippen molar-refractivity contribution in [1.29, 1.82) is 0 Å². The van der Waals surface area contributed by atoms with E-state index in [0.717, 1.165) is 5.69 Å². The highest BCUT2D eigenvalue weighted by atomic mass is 35.5. The van der Waals surface area contributed by atoms with E-state index in [1.807, 2.05) is 31.5 Å². The van der Waals surface area contributed by atoms with Crippen LogP contribution in [0.25, 0.3) is 0 Å². The van der Waals surface area contributed by atoms with Gasteiger partial charge in [-0.15, -0.1) is 11.6 Å². The molecule has 1 heterocycles. The van der Waals surface area contributed by atoms with Crippen LogP contribution in [0.1, 0.15) is 25.6 Å². The molecule has 0 bridgehead atoms. The quantitative estimate of drug-likeness (QED) is 0.784. The lowest BCUT2D eigenvalue weighted by Crippen LogP contribution is -2.13. The number of amides is 1. The van der Waals surface area contributed by atoms with Crippen LogP contribution in [0.4, 0.5) is 5.82 Å². The van der Waals surface area contributed by atoms with Crippen molar-refractivity contribution < 1.29 is 4.79 Å². The number of aromatic nitrogens is 2. The lowest BCUT2D eigenvalue weighted by Gasteiger charge is -2.06. The van der Waals surface area contributed by atoms with Gasteiger partial charge in [-0.25, -0.2) is 0 Å². The van der Waals surface area contributed by atoms with Gasteiger partial charge in [-0.3, -0.25) is 9.48 Å². The highest BCUT2D eigenvalue weighted by molar-refractivity contribution is 6.28. The molecular weight excluding hydrogens is 202 g/mol. The van der Waals surface area contributed by atoms with Crippen molar-refractivity contribution in [1.82, 2.24) is 9.78 Å². The van der Waals surface area contributed by atoms with Crippen molar-refractivity contribution in [2.45, 2.75) is 26.8 Å². The van der Waals surface area contributed by atoms with Gasteiger partial charge in [0.05, 0.1) is 0 Å². The predicted molar refractivity (Wildman–Crippen MR) is 56.7 cm³/mol. The maximum Gasteiger partial charge on any atom is 0.240 e. The number of aryl methyl sites for hydroxylation is 1. The van der Waals surface area contributed by atoms with Crippen LogP contribution < -0.4 is 5.32 Å². The Kier molecular flexibility index (Phi) is 3.52. The molecular formula is C9H14ClN3O. The molecule has 0 aromatic carbocycles. The fourth-order valence-corrected chi connectivity index (χ4v) is 1.31. The van der Waals surface area contributed by atoms with Crippen molar-refractivity contribution >= 4 is 23.3 Å². The monoisotopic (exact) mass is 215 g/mol. The molecule has 5 heteroatoms. The summed E-state index contributed by atoms with van der Waals surface area (Å²) in [6.07, 6.45) is 0. The Morgan fingerprint density at radius 2 is 2.36 bits per heavy atom. The lowest BCUT2D eigenvalue weighted by molar-refractivity contribution is -0.113. The molecule has 0 aliphatic carbocycles. The third-order valence-electron chi connectivity index (χ3n) is 1.80. The molecule has 1 N–H and O–H groups in total. The van der Waals surface area contributed by atoms with Gasteiger partial charge >= 0.3 is 0 Å². The first-order valence-corrected chi connectivity index (χ1v) is 5.00. The molecule has 1 rings (SSSR count). The van der Waals surface area contributed by atoms with Crippen LogP contribution in [0.15, 0.2) is 6.07 Å². The predicted octanol–water partition coefficient (Wildman–Crippen LogP) is 1.95. The maximum absolute atomic E-state index is 11.0. The van der Waals surface area contributed by atoms with Gasteiger partial charge in [0.15, 0.2) is 5.82 Å². The number of hydrogen-bond donors (Lipinski definition) is 1. The van der Waals surface area contributed by atoms with E-state index in [1.54, 1.807) is 0 Å². The molecule has 0 aliphatic rings. The van der Waals surface area contributed by atoms with E-state index in [1.165, 1.54) is 0 Å². The number of carbonyl (C=O) groups excluding carboxylic acids is 1. The zero-order valence-corrected chi connectivity index (χ0v) is 9.30. The molecule has 0 spiro atoms. The molecule has 1 amide bonds. The van der Waals surface area contributed by atoms with Gasteiger partial charge in [0, 0.05) is 17.8 Å². The molecule has 0 atom stereocenters. The molecule has 0 unspecified atom stereocenters. The Bertz CT molecular complexity index is 333. The summed E-state index contributed by atoms with van der Waals surface area (Å²) in [7, 11) is 0. The van der Waals surface area contributed by atoms with E-state index in [4.69, 9.17) is 11.6 Å². The standard InChI is InChI=1S/C9H14ClN3O/c1-6(2)13-7(3)4-8(12-13)11-9(14)5-10/h4,6H,5H2,1-3H3,(H,11,12,14). The zero-order valence-electron chi connectivity index (χ0n) is 8.54. The molecule has 0 aliphatic heterocycles. The first-order chi connectivity index (χ1) is 6.54. The molecule has 14 heavy (non-hydrogen) atoms. The molecule has 1 aromatic heterocycles. The topological polar surface area (TPSA) is 46.9 Å². The summed E-state index contributed by atoms with van der Waals surface area (Å²) in [4.78, 5) is 11.0. The van der Waals surface area contributed by atoms with Crippen molar-refractivity contribution in [3.05, 3.63) is 11.8 Å². The Hall–Kier alpha value is -1.03. The second kappa shape index (κ2) is 4.46. The molecule has 78 valence electrons. The van der Waals surface area contributed by atoms with Gasteiger partial charge in [-0.1, -0.05) is 0 Å². The molecule has 1 aromatic rings. The molecule has 4 nitrogen and oxygen atoms in total. The van der Waals surface area contributed by atoms with E-state index < -0.39 is 0 Å². The number of hydrogen-bond acceptors (Lipinski definition) is 2. The summed E-state index contributed by atoms with van der Waals surface area (Å²) in [6.45, 7) is 6.02. The van der Waals surface area contributed by atoms with Crippen LogP contribution in [0.3, 0.4) is 0 Å². The van der Waals surface area contributed by atoms with E-state index in [9.17, 15) is 4.79 Å². The third kappa shape index (κ3) is 2.48. The second-order valence-electron chi connectivity index (χ2n) is 3.39. The number of rotatable bonds is 3. The van der Waals surface area contributed by atoms with E-state index in [0.29, 0.717) is 5.82 Å². The minimum atomic E-state index is -0.236. The van der Waals surface area contributed by atoms with Crippen LogP contribution in [-0.4, -0.2) is 21.6 Å². The summed E-state index contributed by atoms with van der Waals surface area (Å²) in [5.41, 5.74) is 1.02. The molecule has 0 saturated heterocycles. The number of carbonyl (C=O) groups is 1. The van der Waals surface area contributed by atoms with Crippen LogP contribution in [-0.2, 0) is 4.79 Å². The maximum atomic E-state index is 11.0. The smallest absolute Gasteiger partial charge is 0.240 e. The average molecular weight is 216 g/mol. The van der Waals surface area contributed by atoms with E-state index in [2.05, 4.69) is 10.4 Å².